The number of hydrogen-bond donors (Lipinski definition) is 8. The predicted molar refractivity (Wildman–Crippen MR) is 251 cm³/mol. The van der Waals surface area contributed by atoms with Gasteiger partial charge in [-0.25, -0.2) is 9.37 Å². The number of nitrogens with zero attached hydrogens (tertiary/aromatic N) is 6. The second-order valence-electron chi connectivity index (χ2n) is 14.6. The molecule has 7 aromatic rings. The third kappa shape index (κ3) is 13.6. The second-order valence-corrected chi connectivity index (χ2v) is 17.3. The molecule has 344 valence electrons. The molecule has 2 aromatic heterocycles. The molecule has 5 aromatic carbocycles. The van der Waals surface area contributed by atoms with Crippen molar-refractivity contribution in [1.82, 2.24) is 35.2 Å². The average Bonchev–Trinajstić information content (AvgIpc) is 3.29. The third-order valence-electron chi connectivity index (χ3n) is 9.53. The van der Waals surface area contributed by atoms with Crippen molar-refractivity contribution in [2.24, 2.45) is 5.73 Å². The van der Waals surface area contributed by atoms with E-state index < -0.39 is 41.8 Å². The largest absolute Gasteiger partial charge is 0.353 e. The minimum absolute atomic E-state index is 0.0131. The Morgan fingerprint density at radius 3 is 1.73 bits per heavy atom. The summed E-state index contributed by atoms with van der Waals surface area (Å²) >= 11 is 0. The second kappa shape index (κ2) is 21.5. The lowest BCUT2D eigenvalue weighted by molar-refractivity contribution is 0.0955. The summed E-state index contributed by atoms with van der Waals surface area (Å²) in [5.74, 6) is 0.353. The maximum absolute atomic E-state index is 13.3. The van der Waals surface area contributed by atoms with E-state index in [-0.39, 0.29) is 59.7 Å². The molecule has 0 bridgehead atoms. The van der Waals surface area contributed by atoms with Gasteiger partial charge in [0, 0.05) is 56.0 Å². The Morgan fingerprint density at radius 1 is 0.567 bits per heavy atom. The molecule has 0 saturated heterocycles. The van der Waals surface area contributed by atoms with Gasteiger partial charge in [0.05, 0.1) is 0 Å². The molecule has 0 aliphatic carbocycles. The molecular weight excluding hydrogens is 903 g/mol. The van der Waals surface area contributed by atoms with E-state index in [9.17, 15) is 35.1 Å². The van der Waals surface area contributed by atoms with Crippen molar-refractivity contribution in [1.29, 1.82) is 0 Å². The first-order valence-corrected chi connectivity index (χ1v) is 23.3. The Morgan fingerprint density at radius 2 is 1.10 bits per heavy atom. The molecule has 0 radical (unpaired) electrons. The van der Waals surface area contributed by atoms with Crippen molar-refractivity contribution in [2.45, 2.75) is 22.6 Å². The molecule has 1 amide bonds. The number of hydrogen-bond acceptors (Lipinski definition) is 16. The standard InChI is InChI=1S/C45H43FN12O7S2/c46-34-18-15-33(16-19-34)41(59)48-23-24-50-43-56-44(51-35-9-5-2-6-10-35)58-45(57-43)52-36-20-17-32(38(28-36)67(63,64)65)14-13-31-12-11-30(25-37(31)66(60,61)62)27-40-53-39(26-29-7-3-1-4-8-29)54-42(55-40)49-22-21-47/h1-20,25,28H,21-24,26-27,47H2,(H,48,59)(H,60,61,62)(H,63,64,65)(H,49,53,54,55)(H3,50,51,52,56,57,58)/b14-13+/i46-1. The van der Waals surface area contributed by atoms with E-state index in [1.165, 1.54) is 60.7 Å². The van der Waals surface area contributed by atoms with Crippen LogP contribution in [0, 0.1) is 5.82 Å². The minimum Gasteiger partial charge on any atom is -0.353 e. The van der Waals surface area contributed by atoms with Crippen molar-refractivity contribution in [3.8, 4) is 0 Å². The van der Waals surface area contributed by atoms with Crippen molar-refractivity contribution >= 4 is 73.5 Å². The van der Waals surface area contributed by atoms with E-state index in [4.69, 9.17) is 5.73 Å². The number of halogens is 1. The first-order chi connectivity index (χ1) is 32.2. The molecule has 0 atom stereocenters. The summed E-state index contributed by atoms with van der Waals surface area (Å²) in [7, 11) is -9.71. The Kier molecular flexibility index (Phi) is 15.1. The van der Waals surface area contributed by atoms with Crippen LogP contribution in [0.1, 0.15) is 44.3 Å². The Labute approximate surface area is 384 Å². The van der Waals surface area contributed by atoms with Crippen LogP contribution < -0.4 is 32.3 Å². The summed E-state index contributed by atoms with van der Waals surface area (Å²) < 4.78 is 84.9. The zero-order valence-corrected chi connectivity index (χ0v) is 37.0. The van der Waals surface area contributed by atoms with E-state index in [1.54, 1.807) is 30.3 Å². The average molecular weight is 946 g/mol. The number of nitrogens with two attached hydrogens (primary N) is 1. The van der Waals surface area contributed by atoms with E-state index >= 15 is 0 Å². The highest BCUT2D eigenvalue weighted by molar-refractivity contribution is 7.86. The fourth-order valence-corrected chi connectivity index (χ4v) is 7.90. The summed E-state index contributed by atoms with van der Waals surface area (Å²) in [6.07, 6.45) is 3.03. The maximum Gasteiger partial charge on any atom is 0.295 e. The number of anilines is 6. The zero-order valence-electron chi connectivity index (χ0n) is 35.3. The van der Waals surface area contributed by atoms with Gasteiger partial charge < -0.3 is 32.3 Å². The number of rotatable bonds is 20. The summed E-state index contributed by atoms with van der Waals surface area (Å²) in [5, 5.41) is 14.8. The first kappa shape index (κ1) is 47.2. The smallest absolute Gasteiger partial charge is 0.295 e. The van der Waals surface area contributed by atoms with Gasteiger partial charge in [0.25, 0.3) is 26.1 Å². The molecule has 0 unspecified atom stereocenters. The molecule has 0 saturated carbocycles. The molecular formula is C45H43FN12O7S2. The maximum atomic E-state index is 13.3. The number of carbonyl (C=O) groups is 1. The third-order valence-corrected chi connectivity index (χ3v) is 11.4. The lowest BCUT2D eigenvalue weighted by Crippen LogP contribution is -2.29. The number of nitrogens with one attached hydrogen (secondary N) is 5. The lowest BCUT2D eigenvalue weighted by Gasteiger charge is -2.13. The number of aromatic nitrogens is 6. The van der Waals surface area contributed by atoms with Crippen molar-refractivity contribution in [3.63, 3.8) is 0 Å². The quantitative estimate of drug-likeness (QED) is 0.0257. The molecule has 0 fully saturated rings. The number of carbonyl (C=O) groups excluding carboxylic acids is 1. The van der Waals surface area contributed by atoms with Crippen LogP contribution in [0.4, 0.5) is 39.6 Å². The molecule has 0 spiro atoms. The first-order valence-electron chi connectivity index (χ1n) is 20.4. The molecule has 7 rings (SSSR count). The van der Waals surface area contributed by atoms with Gasteiger partial charge in [-0.2, -0.15) is 41.8 Å². The highest BCUT2D eigenvalue weighted by atomic mass is 32.2. The molecule has 0 aliphatic rings. The van der Waals surface area contributed by atoms with Gasteiger partial charge >= 0.3 is 0 Å². The summed E-state index contributed by atoms with van der Waals surface area (Å²) in [6, 6.07) is 31.9. The Bertz CT molecular complexity index is 3120. The van der Waals surface area contributed by atoms with Crippen LogP contribution in [-0.4, -0.2) is 87.9 Å². The van der Waals surface area contributed by atoms with Gasteiger partial charge in [0.15, 0.2) is 0 Å². The van der Waals surface area contributed by atoms with Gasteiger partial charge in [-0.15, -0.1) is 0 Å². The van der Waals surface area contributed by atoms with E-state index in [1.807, 2.05) is 36.4 Å². The van der Waals surface area contributed by atoms with Crippen LogP contribution in [0.5, 0.6) is 0 Å². The molecule has 0 aliphatic heterocycles. The van der Waals surface area contributed by atoms with Crippen LogP contribution in [0.25, 0.3) is 12.2 Å². The normalized spacial score (nSPS) is 11.6. The zero-order chi connectivity index (χ0) is 47.4. The fraction of sp³-hybridized carbons (Fsp3) is 0.133. The topological polar surface area (TPSA) is 289 Å². The van der Waals surface area contributed by atoms with E-state index in [2.05, 4.69) is 56.5 Å². The predicted octanol–water partition coefficient (Wildman–Crippen LogP) is 5.74. The summed E-state index contributed by atoms with van der Waals surface area (Å²) in [4.78, 5) is 38.2. The van der Waals surface area contributed by atoms with Gasteiger partial charge in [0.2, 0.25) is 23.8 Å². The molecule has 2 heterocycles. The van der Waals surface area contributed by atoms with Crippen LogP contribution >= 0.6 is 0 Å². The number of amides is 1. The number of para-hydroxylation sites is 1. The fourth-order valence-electron chi connectivity index (χ4n) is 6.45. The summed E-state index contributed by atoms with van der Waals surface area (Å²) in [6.45, 7) is 1.04. The van der Waals surface area contributed by atoms with Crippen LogP contribution in [0.3, 0.4) is 0 Å². The van der Waals surface area contributed by atoms with Crippen molar-refractivity contribution in [3.05, 3.63) is 167 Å². The Balaban J connectivity index is 1.11. The molecule has 9 N–H and O–H groups in total. The monoisotopic (exact) mass is 945 g/mol. The molecule has 19 nitrogen and oxygen atoms in total. The SMILES string of the molecule is NCCNc1nc(Cc2ccccc2)nc(Cc2ccc(/C=C/c3ccc(Nc4nc(NCCNC(=O)c5ccc([18F])cc5)nc(Nc5ccccc5)n4)cc3S(=O)(=O)O)c(S(=O)(=O)O)c2)n1. The number of benzene rings is 5. The Hall–Kier alpha value is -7.76. The summed E-state index contributed by atoms with van der Waals surface area (Å²) in [5.41, 5.74) is 8.12. The highest BCUT2D eigenvalue weighted by Crippen LogP contribution is 2.27. The van der Waals surface area contributed by atoms with Gasteiger partial charge in [0.1, 0.15) is 27.3 Å². The lowest BCUT2D eigenvalue weighted by atomic mass is 10.1. The van der Waals surface area contributed by atoms with E-state index in [0.717, 1.165) is 11.6 Å². The van der Waals surface area contributed by atoms with Crippen LogP contribution in [0.2, 0.25) is 0 Å². The van der Waals surface area contributed by atoms with Gasteiger partial charge in [-0.1, -0.05) is 78.9 Å². The van der Waals surface area contributed by atoms with Crippen LogP contribution in [0.15, 0.2) is 131 Å². The molecule has 67 heavy (non-hydrogen) atoms. The minimum atomic E-state index is -4.89. The highest BCUT2D eigenvalue weighted by Gasteiger charge is 2.19. The van der Waals surface area contributed by atoms with Gasteiger partial charge in [-0.05, 0) is 76.9 Å². The van der Waals surface area contributed by atoms with Crippen molar-refractivity contribution in [2.75, 3.05) is 47.4 Å². The van der Waals surface area contributed by atoms with Gasteiger partial charge in [-0.3, -0.25) is 13.9 Å². The van der Waals surface area contributed by atoms with Crippen molar-refractivity contribution < 1.29 is 35.1 Å². The van der Waals surface area contributed by atoms with Crippen LogP contribution in [-0.2, 0) is 33.1 Å². The molecule has 22 heteroatoms. The van der Waals surface area contributed by atoms with E-state index in [0.29, 0.717) is 48.4 Å².